The van der Waals surface area contributed by atoms with E-state index in [0.29, 0.717) is 9.90 Å². The van der Waals surface area contributed by atoms with E-state index in [-0.39, 0.29) is 17.2 Å². The Kier molecular flexibility index (Phi) is 3.87. The van der Waals surface area contributed by atoms with Crippen molar-refractivity contribution in [1.29, 1.82) is 0 Å². The minimum absolute atomic E-state index is 0.0714. The Bertz CT molecular complexity index is 651. The first kappa shape index (κ1) is 13.6. The van der Waals surface area contributed by atoms with E-state index in [2.05, 4.69) is 5.32 Å². The molecule has 0 radical (unpaired) electrons. The number of aromatic carboxylic acids is 1. The SMILES string of the molecule is Cc1ccc(C(=O)Nc2cc(C(=O)O)ccc2Cl)s1. The molecule has 0 atom stereocenters. The van der Waals surface area contributed by atoms with Gasteiger partial charge in [-0.2, -0.15) is 0 Å². The normalized spacial score (nSPS) is 10.2. The minimum atomic E-state index is -1.07. The minimum Gasteiger partial charge on any atom is -0.478 e. The van der Waals surface area contributed by atoms with Gasteiger partial charge in [-0.3, -0.25) is 4.79 Å². The summed E-state index contributed by atoms with van der Waals surface area (Å²) in [5.41, 5.74) is 0.361. The number of benzene rings is 1. The van der Waals surface area contributed by atoms with Crippen molar-refractivity contribution in [3.05, 3.63) is 50.7 Å². The number of hydrogen-bond acceptors (Lipinski definition) is 3. The average molecular weight is 296 g/mol. The van der Waals surface area contributed by atoms with Crippen LogP contribution in [0.15, 0.2) is 30.3 Å². The zero-order valence-corrected chi connectivity index (χ0v) is 11.5. The monoisotopic (exact) mass is 295 g/mol. The van der Waals surface area contributed by atoms with Crippen LogP contribution < -0.4 is 5.32 Å². The van der Waals surface area contributed by atoms with Crippen molar-refractivity contribution in [2.45, 2.75) is 6.92 Å². The van der Waals surface area contributed by atoms with Crippen LogP contribution in [0.3, 0.4) is 0 Å². The fourth-order valence-electron chi connectivity index (χ4n) is 1.49. The van der Waals surface area contributed by atoms with E-state index in [0.717, 1.165) is 4.88 Å². The standard InChI is InChI=1S/C13H10ClNO3S/c1-7-2-5-11(19-7)12(16)15-10-6-8(13(17)18)3-4-9(10)14/h2-6H,1H3,(H,15,16)(H,17,18). The molecule has 0 unspecified atom stereocenters. The highest BCUT2D eigenvalue weighted by Gasteiger charge is 2.12. The number of carboxylic acid groups (broad SMARTS) is 1. The van der Waals surface area contributed by atoms with Crippen LogP contribution >= 0.6 is 22.9 Å². The third-order valence-corrected chi connectivity index (χ3v) is 3.75. The predicted octanol–water partition coefficient (Wildman–Crippen LogP) is 3.66. The zero-order chi connectivity index (χ0) is 14.0. The largest absolute Gasteiger partial charge is 0.478 e. The second-order valence-electron chi connectivity index (χ2n) is 3.86. The van der Waals surface area contributed by atoms with Crippen molar-refractivity contribution in [2.75, 3.05) is 5.32 Å². The molecular weight excluding hydrogens is 286 g/mol. The summed E-state index contributed by atoms with van der Waals surface area (Å²) in [6.45, 7) is 1.90. The Morgan fingerprint density at radius 2 is 2.00 bits per heavy atom. The Morgan fingerprint density at radius 3 is 2.58 bits per heavy atom. The van der Waals surface area contributed by atoms with Gasteiger partial charge < -0.3 is 10.4 Å². The lowest BCUT2D eigenvalue weighted by Gasteiger charge is -2.07. The van der Waals surface area contributed by atoms with Crippen molar-refractivity contribution >= 4 is 40.5 Å². The fraction of sp³-hybridized carbons (Fsp3) is 0.0769. The van der Waals surface area contributed by atoms with Gasteiger partial charge in [-0.25, -0.2) is 4.79 Å². The molecule has 4 nitrogen and oxygen atoms in total. The maximum Gasteiger partial charge on any atom is 0.335 e. The molecule has 2 aromatic rings. The third-order valence-electron chi connectivity index (χ3n) is 2.43. The highest BCUT2D eigenvalue weighted by Crippen LogP contribution is 2.25. The number of carbonyl (C=O) groups excluding carboxylic acids is 1. The molecule has 19 heavy (non-hydrogen) atoms. The number of rotatable bonds is 3. The van der Waals surface area contributed by atoms with Crippen molar-refractivity contribution < 1.29 is 14.7 Å². The summed E-state index contributed by atoms with van der Waals surface area (Å²) in [6, 6.07) is 7.72. The maximum atomic E-state index is 12.0. The molecule has 1 amide bonds. The summed E-state index contributed by atoms with van der Waals surface area (Å²) in [7, 11) is 0. The highest BCUT2D eigenvalue weighted by molar-refractivity contribution is 7.14. The number of amides is 1. The van der Waals surface area contributed by atoms with E-state index in [4.69, 9.17) is 16.7 Å². The van der Waals surface area contributed by atoms with Crippen LogP contribution in [0.25, 0.3) is 0 Å². The third kappa shape index (κ3) is 3.13. The van der Waals surface area contributed by atoms with E-state index in [1.165, 1.54) is 29.5 Å². The van der Waals surface area contributed by atoms with Gasteiger partial charge in [-0.05, 0) is 37.3 Å². The molecule has 0 spiro atoms. The quantitative estimate of drug-likeness (QED) is 0.908. The first-order chi connectivity index (χ1) is 8.97. The van der Waals surface area contributed by atoms with Crippen molar-refractivity contribution in [1.82, 2.24) is 0 Å². The van der Waals surface area contributed by atoms with Crippen LogP contribution in [-0.4, -0.2) is 17.0 Å². The summed E-state index contributed by atoms with van der Waals surface area (Å²) >= 11 is 7.29. The molecule has 0 saturated carbocycles. The van der Waals surface area contributed by atoms with Gasteiger partial charge in [0.15, 0.2) is 0 Å². The van der Waals surface area contributed by atoms with E-state index >= 15 is 0 Å². The number of carbonyl (C=O) groups is 2. The number of nitrogens with one attached hydrogen (secondary N) is 1. The molecule has 0 bridgehead atoms. The summed E-state index contributed by atoms with van der Waals surface area (Å²) in [5.74, 6) is -1.37. The highest BCUT2D eigenvalue weighted by atomic mass is 35.5. The van der Waals surface area contributed by atoms with E-state index in [1.807, 2.05) is 13.0 Å². The van der Waals surface area contributed by atoms with Gasteiger partial charge in [-0.1, -0.05) is 11.6 Å². The lowest BCUT2D eigenvalue weighted by atomic mass is 10.2. The molecular formula is C13H10ClNO3S. The second kappa shape index (κ2) is 5.42. The average Bonchev–Trinajstić information content (AvgIpc) is 2.78. The zero-order valence-electron chi connectivity index (χ0n) is 9.94. The van der Waals surface area contributed by atoms with Crippen molar-refractivity contribution in [3.8, 4) is 0 Å². The van der Waals surface area contributed by atoms with E-state index in [9.17, 15) is 9.59 Å². The second-order valence-corrected chi connectivity index (χ2v) is 5.56. The Balaban J connectivity index is 2.25. The number of carboxylic acids is 1. The Morgan fingerprint density at radius 1 is 1.26 bits per heavy atom. The maximum absolute atomic E-state index is 12.0. The molecule has 0 aliphatic rings. The molecule has 0 aliphatic carbocycles. The molecule has 0 aliphatic heterocycles. The van der Waals surface area contributed by atoms with E-state index in [1.54, 1.807) is 6.07 Å². The summed E-state index contributed by atoms with van der Waals surface area (Å²) < 4.78 is 0. The van der Waals surface area contributed by atoms with Gasteiger partial charge >= 0.3 is 5.97 Å². The molecule has 2 rings (SSSR count). The van der Waals surface area contributed by atoms with Gasteiger partial charge in [0.05, 0.1) is 21.2 Å². The smallest absolute Gasteiger partial charge is 0.335 e. The number of halogens is 1. The lowest BCUT2D eigenvalue weighted by molar-refractivity contribution is 0.0696. The molecule has 0 fully saturated rings. The molecule has 0 saturated heterocycles. The van der Waals surface area contributed by atoms with Crippen LogP contribution in [0.5, 0.6) is 0 Å². The van der Waals surface area contributed by atoms with Crippen LogP contribution in [0.4, 0.5) is 5.69 Å². The first-order valence-corrected chi connectivity index (χ1v) is 6.57. The number of hydrogen-bond donors (Lipinski definition) is 2. The molecule has 2 N–H and O–H groups in total. The number of anilines is 1. The van der Waals surface area contributed by atoms with Crippen LogP contribution in [0.2, 0.25) is 5.02 Å². The number of aryl methyl sites for hydroxylation is 1. The van der Waals surface area contributed by atoms with Crippen molar-refractivity contribution in [3.63, 3.8) is 0 Å². The van der Waals surface area contributed by atoms with Crippen LogP contribution in [0, 0.1) is 6.92 Å². The van der Waals surface area contributed by atoms with Gasteiger partial charge in [0, 0.05) is 4.88 Å². The summed E-state index contributed by atoms with van der Waals surface area (Å²) in [5, 5.41) is 11.8. The van der Waals surface area contributed by atoms with Gasteiger partial charge in [-0.15, -0.1) is 11.3 Å². The predicted molar refractivity (Wildman–Crippen MR) is 75.4 cm³/mol. The molecule has 1 aromatic carbocycles. The van der Waals surface area contributed by atoms with Gasteiger partial charge in [0.25, 0.3) is 5.91 Å². The van der Waals surface area contributed by atoms with Crippen molar-refractivity contribution in [2.24, 2.45) is 0 Å². The molecule has 98 valence electrons. The molecule has 1 heterocycles. The van der Waals surface area contributed by atoms with Crippen LogP contribution in [-0.2, 0) is 0 Å². The Hall–Kier alpha value is -1.85. The summed E-state index contributed by atoms with van der Waals surface area (Å²) in [6.07, 6.45) is 0. The van der Waals surface area contributed by atoms with Gasteiger partial charge in [0.2, 0.25) is 0 Å². The first-order valence-electron chi connectivity index (χ1n) is 5.38. The topological polar surface area (TPSA) is 66.4 Å². The number of thiophene rings is 1. The lowest BCUT2D eigenvalue weighted by Crippen LogP contribution is -2.11. The summed E-state index contributed by atoms with van der Waals surface area (Å²) in [4.78, 5) is 24.4. The van der Waals surface area contributed by atoms with Gasteiger partial charge in [0.1, 0.15) is 0 Å². The Labute approximate surface area is 118 Å². The molecule has 1 aromatic heterocycles. The molecule has 6 heteroatoms. The van der Waals surface area contributed by atoms with E-state index < -0.39 is 5.97 Å². The fourth-order valence-corrected chi connectivity index (χ4v) is 2.42. The van der Waals surface area contributed by atoms with Crippen LogP contribution in [0.1, 0.15) is 24.9 Å².